The SMILES string of the molecule is Cc1cc(C(=O)O)ccc1NCCCCC(C)C. The lowest BCUT2D eigenvalue weighted by atomic mass is 10.1. The smallest absolute Gasteiger partial charge is 0.335 e. The van der Waals surface area contributed by atoms with Crippen LogP contribution in [0.15, 0.2) is 18.2 Å². The highest BCUT2D eigenvalue weighted by molar-refractivity contribution is 5.88. The molecule has 1 rings (SSSR count). The molecular formula is C15H23NO2. The van der Waals surface area contributed by atoms with Gasteiger partial charge >= 0.3 is 5.97 Å². The van der Waals surface area contributed by atoms with Gasteiger partial charge in [0.25, 0.3) is 0 Å². The van der Waals surface area contributed by atoms with Gasteiger partial charge in [0.15, 0.2) is 0 Å². The molecule has 0 saturated carbocycles. The van der Waals surface area contributed by atoms with Crippen molar-refractivity contribution < 1.29 is 9.90 Å². The molecule has 0 bridgehead atoms. The Morgan fingerprint density at radius 2 is 2.06 bits per heavy atom. The van der Waals surface area contributed by atoms with Crippen LogP contribution >= 0.6 is 0 Å². The summed E-state index contributed by atoms with van der Waals surface area (Å²) in [5, 5.41) is 12.2. The Morgan fingerprint density at radius 3 is 2.61 bits per heavy atom. The highest BCUT2D eigenvalue weighted by atomic mass is 16.4. The molecule has 3 nitrogen and oxygen atoms in total. The van der Waals surface area contributed by atoms with Crippen molar-refractivity contribution in [1.82, 2.24) is 0 Å². The molecule has 0 spiro atoms. The normalized spacial score (nSPS) is 10.7. The van der Waals surface area contributed by atoms with Crippen LogP contribution in [0.5, 0.6) is 0 Å². The first-order chi connectivity index (χ1) is 8.50. The lowest BCUT2D eigenvalue weighted by Crippen LogP contribution is -2.05. The number of rotatable bonds is 7. The standard InChI is InChI=1S/C15H23NO2/c1-11(2)6-4-5-9-16-14-8-7-13(15(17)18)10-12(14)3/h7-8,10-11,16H,4-6,9H2,1-3H3,(H,17,18). The average molecular weight is 249 g/mol. The van der Waals surface area contributed by atoms with Crippen LogP contribution in [0.25, 0.3) is 0 Å². The number of carboxylic acid groups (broad SMARTS) is 1. The zero-order valence-electron chi connectivity index (χ0n) is 11.5. The number of anilines is 1. The van der Waals surface area contributed by atoms with Crippen LogP contribution < -0.4 is 5.32 Å². The second-order valence-corrected chi connectivity index (χ2v) is 5.15. The average Bonchev–Trinajstić information content (AvgIpc) is 2.29. The number of aryl methyl sites for hydroxylation is 1. The van der Waals surface area contributed by atoms with E-state index in [-0.39, 0.29) is 0 Å². The van der Waals surface area contributed by atoms with Crippen LogP contribution in [0.2, 0.25) is 0 Å². The van der Waals surface area contributed by atoms with Crippen LogP contribution in [0.4, 0.5) is 5.69 Å². The third kappa shape index (κ3) is 4.78. The van der Waals surface area contributed by atoms with Gasteiger partial charge in [0.2, 0.25) is 0 Å². The van der Waals surface area contributed by atoms with Gasteiger partial charge in [-0.3, -0.25) is 0 Å². The van der Waals surface area contributed by atoms with Crippen LogP contribution in [-0.4, -0.2) is 17.6 Å². The minimum absolute atomic E-state index is 0.345. The summed E-state index contributed by atoms with van der Waals surface area (Å²) in [6, 6.07) is 5.20. The van der Waals surface area contributed by atoms with Crippen LogP contribution in [0.3, 0.4) is 0 Å². The molecule has 100 valence electrons. The summed E-state index contributed by atoms with van der Waals surface area (Å²) in [6.45, 7) is 7.35. The fourth-order valence-electron chi connectivity index (χ4n) is 1.90. The van der Waals surface area contributed by atoms with Crippen molar-refractivity contribution in [2.75, 3.05) is 11.9 Å². The van der Waals surface area contributed by atoms with E-state index in [0.29, 0.717) is 5.56 Å². The van der Waals surface area contributed by atoms with E-state index in [1.165, 1.54) is 12.8 Å². The lowest BCUT2D eigenvalue weighted by molar-refractivity contribution is 0.0697. The summed E-state index contributed by atoms with van der Waals surface area (Å²) in [4.78, 5) is 10.8. The Hall–Kier alpha value is -1.51. The molecule has 0 aromatic heterocycles. The Labute approximate surface area is 109 Å². The molecule has 18 heavy (non-hydrogen) atoms. The maximum absolute atomic E-state index is 10.8. The summed E-state index contributed by atoms with van der Waals surface area (Å²) in [5.74, 6) is -0.108. The number of unbranched alkanes of at least 4 members (excludes halogenated alkanes) is 1. The van der Waals surface area contributed by atoms with Crippen molar-refractivity contribution in [2.45, 2.75) is 40.0 Å². The molecule has 1 aromatic carbocycles. The summed E-state index contributed by atoms with van der Waals surface area (Å²) in [5.41, 5.74) is 2.36. The fourth-order valence-corrected chi connectivity index (χ4v) is 1.90. The van der Waals surface area contributed by atoms with E-state index in [9.17, 15) is 4.79 Å². The molecule has 0 aliphatic heterocycles. The molecule has 0 amide bonds. The minimum Gasteiger partial charge on any atom is -0.478 e. The summed E-state index contributed by atoms with van der Waals surface area (Å²) >= 11 is 0. The van der Waals surface area contributed by atoms with E-state index in [2.05, 4.69) is 19.2 Å². The van der Waals surface area contributed by atoms with Crippen LogP contribution in [-0.2, 0) is 0 Å². The van der Waals surface area contributed by atoms with Crippen LogP contribution in [0.1, 0.15) is 49.0 Å². The molecule has 0 atom stereocenters. The van der Waals surface area contributed by atoms with Crippen molar-refractivity contribution in [3.8, 4) is 0 Å². The van der Waals surface area contributed by atoms with Crippen molar-refractivity contribution in [2.24, 2.45) is 5.92 Å². The highest BCUT2D eigenvalue weighted by Crippen LogP contribution is 2.17. The monoisotopic (exact) mass is 249 g/mol. The van der Waals surface area contributed by atoms with Crippen molar-refractivity contribution in [3.63, 3.8) is 0 Å². The maximum atomic E-state index is 10.8. The lowest BCUT2D eigenvalue weighted by Gasteiger charge is -2.10. The Bertz CT molecular complexity index is 399. The van der Waals surface area contributed by atoms with E-state index >= 15 is 0 Å². The van der Waals surface area contributed by atoms with Gasteiger partial charge in [-0.15, -0.1) is 0 Å². The Kier molecular flexibility index (Phi) is 5.69. The number of benzene rings is 1. The molecule has 0 aliphatic carbocycles. The summed E-state index contributed by atoms with van der Waals surface area (Å²) in [6.07, 6.45) is 3.65. The molecule has 3 heteroatoms. The number of nitrogens with one attached hydrogen (secondary N) is 1. The first-order valence-corrected chi connectivity index (χ1v) is 6.58. The number of carboxylic acids is 1. The summed E-state index contributed by atoms with van der Waals surface area (Å²) in [7, 11) is 0. The Morgan fingerprint density at radius 1 is 1.33 bits per heavy atom. The highest BCUT2D eigenvalue weighted by Gasteiger charge is 2.05. The predicted molar refractivity (Wildman–Crippen MR) is 75.3 cm³/mol. The summed E-state index contributed by atoms with van der Waals surface area (Å²) < 4.78 is 0. The molecule has 0 fully saturated rings. The van der Waals surface area contributed by atoms with Gasteiger partial charge < -0.3 is 10.4 Å². The molecule has 0 aliphatic rings. The van der Waals surface area contributed by atoms with Crippen molar-refractivity contribution >= 4 is 11.7 Å². The first-order valence-electron chi connectivity index (χ1n) is 6.58. The van der Waals surface area contributed by atoms with E-state index in [0.717, 1.165) is 30.1 Å². The molecule has 0 unspecified atom stereocenters. The number of hydrogen-bond donors (Lipinski definition) is 2. The van der Waals surface area contributed by atoms with E-state index < -0.39 is 5.97 Å². The maximum Gasteiger partial charge on any atom is 0.335 e. The molecule has 0 radical (unpaired) electrons. The van der Waals surface area contributed by atoms with Gasteiger partial charge in [-0.25, -0.2) is 4.79 Å². The van der Waals surface area contributed by atoms with E-state index in [4.69, 9.17) is 5.11 Å². The minimum atomic E-state index is -0.874. The number of hydrogen-bond acceptors (Lipinski definition) is 2. The number of aromatic carboxylic acids is 1. The van der Waals surface area contributed by atoms with Gasteiger partial charge in [0.05, 0.1) is 5.56 Å². The van der Waals surface area contributed by atoms with Gasteiger partial charge in [0.1, 0.15) is 0 Å². The first kappa shape index (κ1) is 14.6. The predicted octanol–water partition coefficient (Wildman–Crippen LogP) is 3.93. The molecular weight excluding hydrogens is 226 g/mol. The third-order valence-corrected chi connectivity index (χ3v) is 3.00. The second kappa shape index (κ2) is 7.04. The second-order valence-electron chi connectivity index (χ2n) is 5.15. The third-order valence-electron chi connectivity index (χ3n) is 3.00. The largest absolute Gasteiger partial charge is 0.478 e. The zero-order chi connectivity index (χ0) is 13.5. The van der Waals surface area contributed by atoms with Crippen molar-refractivity contribution in [1.29, 1.82) is 0 Å². The molecule has 2 N–H and O–H groups in total. The Balaban J connectivity index is 2.41. The van der Waals surface area contributed by atoms with E-state index in [1.54, 1.807) is 12.1 Å². The van der Waals surface area contributed by atoms with Crippen LogP contribution in [0, 0.1) is 12.8 Å². The quantitative estimate of drug-likeness (QED) is 0.720. The van der Waals surface area contributed by atoms with E-state index in [1.807, 2.05) is 13.0 Å². The van der Waals surface area contributed by atoms with Gasteiger partial charge in [-0.1, -0.05) is 26.7 Å². The van der Waals surface area contributed by atoms with Gasteiger partial charge in [-0.05, 0) is 43.0 Å². The molecule has 0 saturated heterocycles. The van der Waals surface area contributed by atoms with Gasteiger partial charge in [0, 0.05) is 12.2 Å². The zero-order valence-corrected chi connectivity index (χ0v) is 11.5. The number of carbonyl (C=O) groups is 1. The topological polar surface area (TPSA) is 49.3 Å². The molecule has 1 aromatic rings. The van der Waals surface area contributed by atoms with Gasteiger partial charge in [-0.2, -0.15) is 0 Å². The van der Waals surface area contributed by atoms with Crippen molar-refractivity contribution in [3.05, 3.63) is 29.3 Å². The molecule has 0 heterocycles. The fraction of sp³-hybridized carbons (Fsp3) is 0.533.